The zero-order valence-electron chi connectivity index (χ0n) is 13.4. The van der Waals surface area contributed by atoms with Gasteiger partial charge >= 0.3 is 0 Å². The quantitative estimate of drug-likeness (QED) is 0.693. The summed E-state index contributed by atoms with van der Waals surface area (Å²) in [5.41, 5.74) is 1.80. The molecule has 1 heterocycles. The van der Waals surface area contributed by atoms with Crippen molar-refractivity contribution in [1.82, 2.24) is 20.1 Å². The van der Waals surface area contributed by atoms with Crippen LogP contribution in [0, 0.1) is 11.3 Å². The van der Waals surface area contributed by atoms with Crippen molar-refractivity contribution < 1.29 is 4.79 Å². The number of hydrogen-bond acceptors (Lipinski definition) is 4. The van der Waals surface area contributed by atoms with Crippen LogP contribution in [0.25, 0.3) is 11.8 Å². The molecule has 122 valence electrons. The van der Waals surface area contributed by atoms with E-state index in [1.165, 1.54) is 12.7 Å². The van der Waals surface area contributed by atoms with Crippen molar-refractivity contribution in [3.63, 3.8) is 0 Å². The van der Waals surface area contributed by atoms with Crippen molar-refractivity contribution in [2.75, 3.05) is 0 Å². The highest BCUT2D eigenvalue weighted by Gasteiger charge is 2.18. The van der Waals surface area contributed by atoms with Gasteiger partial charge in [-0.25, -0.2) is 9.67 Å². The molecule has 1 N–H and O–H groups in total. The fourth-order valence-corrected chi connectivity index (χ4v) is 2.89. The van der Waals surface area contributed by atoms with E-state index in [0.29, 0.717) is 0 Å². The smallest absolute Gasteiger partial charge is 0.262 e. The number of rotatable bonds is 4. The third kappa shape index (κ3) is 3.87. The number of nitriles is 1. The number of hydrogen-bond donors (Lipinski definition) is 1. The number of amides is 1. The Labute approximate surface area is 140 Å². The zero-order chi connectivity index (χ0) is 16.8. The first-order chi connectivity index (χ1) is 11.8. The van der Waals surface area contributed by atoms with Gasteiger partial charge in [0.25, 0.3) is 5.91 Å². The van der Waals surface area contributed by atoms with E-state index < -0.39 is 0 Å². The molecule has 1 saturated carbocycles. The van der Waals surface area contributed by atoms with Gasteiger partial charge in [-0.2, -0.15) is 10.4 Å². The molecule has 6 nitrogen and oxygen atoms in total. The number of benzene rings is 1. The molecule has 6 heteroatoms. The minimum Gasteiger partial charge on any atom is -0.349 e. The summed E-state index contributed by atoms with van der Waals surface area (Å²) in [7, 11) is 0. The monoisotopic (exact) mass is 321 g/mol. The van der Waals surface area contributed by atoms with E-state index in [0.717, 1.165) is 36.9 Å². The lowest BCUT2D eigenvalue weighted by Crippen LogP contribution is -2.36. The van der Waals surface area contributed by atoms with E-state index in [9.17, 15) is 10.1 Å². The van der Waals surface area contributed by atoms with Crippen LogP contribution in [0.1, 0.15) is 37.7 Å². The summed E-state index contributed by atoms with van der Waals surface area (Å²) in [6.45, 7) is 0. The minimum absolute atomic E-state index is 0.133. The molecule has 3 rings (SSSR count). The predicted molar refractivity (Wildman–Crippen MR) is 90.0 cm³/mol. The molecule has 24 heavy (non-hydrogen) atoms. The summed E-state index contributed by atoms with van der Waals surface area (Å²) in [6.07, 6.45) is 10.2. The summed E-state index contributed by atoms with van der Waals surface area (Å²) >= 11 is 0. The van der Waals surface area contributed by atoms with Crippen molar-refractivity contribution in [3.8, 4) is 11.8 Å². The van der Waals surface area contributed by atoms with Gasteiger partial charge in [0.05, 0.1) is 5.69 Å². The maximum Gasteiger partial charge on any atom is 0.262 e. The van der Waals surface area contributed by atoms with Gasteiger partial charge in [-0.05, 0) is 36.6 Å². The number of aromatic nitrogens is 3. The molecule has 1 aliphatic carbocycles. The lowest BCUT2D eigenvalue weighted by Gasteiger charge is -2.22. The van der Waals surface area contributed by atoms with Crippen molar-refractivity contribution in [1.29, 1.82) is 5.26 Å². The Balaban J connectivity index is 1.70. The van der Waals surface area contributed by atoms with Crippen molar-refractivity contribution in [2.24, 2.45) is 0 Å². The SMILES string of the molecule is N#C/C(=C\c1ccc(-n2cncn2)cc1)C(=O)NC1CCCCC1. The van der Waals surface area contributed by atoms with Gasteiger partial charge in [0.15, 0.2) is 0 Å². The topological polar surface area (TPSA) is 83.6 Å². The summed E-state index contributed by atoms with van der Waals surface area (Å²) in [5, 5.41) is 16.3. The summed E-state index contributed by atoms with van der Waals surface area (Å²) in [6, 6.07) is 9.63. The third-order valence-corrected chi connectivity index (χ3v) is 4.19. The molecular formula is C18H19N5O. The van der Waals surface area contributed by atoms with Gasteiger partial charge in [-0.15, -0.1) is 0 Å². The molecule has 0 aliphatic heterocycles. The van der Waals surface area contributed by atoms with Gasteiger partial charge < -0.3 is 5.32 Å². The summed E-state index contributed by atoms with van der Waals surface area (Å²) in [4.78, 5) is 16.2. The number of nitrogens with one attached hydrogen (secondary N) is 1. The number of carbonyl (C=O) groups is 1. The molecule has 0 saturated heterocycles. The van der Waals surface area contributed by atoms with E-state index in [-0.39, 0.29) is 17.5 Å². The number of carbonyl (C=O) groups excluding carboxylic acids is 1. The van der Waals surface area contributed by atoms with Crippen molar-refractivity contribution in [3.05, 3.63) is 48.1 Å². The molecule has 1 aromatic heterocycles. The Kier molecular flexibility index (Phi) is 5.02. The first-order valence-electron chi connectivity index (χ1n) is 8.14. The largest absolute Gasteiger partial charge is 0.349 e. The standard InChI is InChI=1S/C18H19N5O/c19-11-15(18(24)22-16-4-2-1-3-5-16)10-14-6-8-17(9-7-14)23-13-20-12-21-23/h6-10,12-13,16H,1-5H2,(H,22,24)/b15-10+. The van der Waals surface area contributed by atoms with Crippen LogP contribution >= 0.6 is 0 Å². The van der Waals surface area contributed by atoms with Crippen LogP contribution in [-0.2, 0) is 4.79 Å². The van der Waals surface area contributed by atoms with Crippen LogP contribution in [0.4, 0.5) is 0 Å². The lowest BCUT2D eigenvalue weighted by atomic mass is 9.95. The van der Waals surface area contributed by atoms with Gasteiger partial charge in [-0.3, -0.25) is 4.79 Å². The van der Waals surface area contributed by atoms with Crippen LogP contribution in [-0.4, -0.2) is 26.7 Å². The van der Waals surface area contributed by atoms with Crippen LogP contribution in [0.2, 0.25) is 0 Å². The molecule has 0 radical (unpaired) electrons. The van der Waals surface area contributed by atoms with Gasteiger partial charge in [0.1, 0.15) is 24.3 Å². The maximum atomic E-state index is 12.3. The zero-order valence-corrected chi connectivity index (χ0v) is 13.4. The molecule has 2 aromatic rings. The highest BCUT2D eigenvalue weighted by molar-refractivity contribution is 6.01. The Morgan fingerprint density at radius 3 is 2.62 bits per heavy atom. The fraction of sp³-hybridized carbons (Fsp3) is 0.333. The molecule has 1 aromatic carbocycles. The second-order valence-corrected chi connectivity index (χ2v) is 5.91. The Bertz CT molecular complexity index is 750. The van der Waals surface area contributed by atoms with Crippen molar-refractivity contribution >= 4 is 12.0 Å². The van der Waals surface area contributed by atoms with Crippen molar-refractivity contribution in [2.45, 2.75) is 38.1 Å². The van der Waals surface area contributed by atoms with Crippen LogP contribution < -0.4 is 5.32 Å². The van der Waals surface area contributed by atoms with Crippen LogP contribution in [0.15, 0.2) is 42.5 Å². The second-order valence-electron chi connectivity index (χ2n) is 5.91. The fourth-order valence-electron chi connectivity index (χ4n) is 2.89. The number of nitrogens with zero attached hydrogens (tertiary/aromatic N) is 4. The molecule has 1 aliphatic rings. The van der Waals surface area contributed by atoms with E-state index in [1.807, 2.05) is 30.3 Å². The molecule has 0 bridgehead atoms. The predicted octanol–water partition coefficient (Wildman–Crippen LogP) is 2.62. The Morgan fingerprint density at radius 1 is 1.25 bits per heavy atom. The summed E-state index contributed by atoms with van der Waals surface area (Å²) < 4.78 is 1.65. The molecule has 0 spiro atoms. The van der Waals surface area contributed by atoms with Crippen LogP contribution in [0.5, 0.6) is 0 Å². The average Bonchev–Trinajstić information content (AvgIpc) is 3.15. The van der Waals surface area contributed by atoms with Gasteiger partial charge in [0.2, 0.25) is 0 Å². The average molecular weight is 321 g/mol. The lowest BCUT2D eigenvalue weighted by molar-refractivity contribution is -0.117. The molecular weight excluding hydrogens is 302 g/mol. The molecule has 0 unspecified atom stereocenters. The van der Waals surface area contributed by atoms with E-state index in [2.05, 4.69) is 15.4 Å². The first-order valence-corrected chi connectivity index (χ1v) is 8.14. The molecule has 1 fully saturated rings. The summed E-state index contributed by atoms with van der Waals surface area (Å²) in [5.74, 6) is -0.287. The second kappa shape index (κ2) is 7.55. The molecule has 1 amide bonds. The highest BCUT2D eigenvalue weighted by atomic mass is 16.1. The van der Waals surface area contributed by atoms with E-state index >= 15 is 0 Å². The maximum absolute atomic E-state index is 12.3. The normalized spacial score (nSPS) is 15.7. The van der Waals surface area contributed by atoms with Gasteiger partial charge in [-0.1, -0.05) is 31.4 Å². The third-order valence-electron chi connectivity index (χ3n) is 4.19. The first kappa shape index (κ1) is 15.9. The van der Waals surface area contributed by atoms with Crippen LogP contribution in [0.3, 0.4) is 0 Å². The van der Waals surface area contributed by atoms with Gasteiger partial charge in [0, 0.05) is 6.04 Å². The highest BCUT2D eigenvalue weighted by Crippen LogP contribution is 2.18. The molecule has 0 atom stereocenters. The van der Waals surface area contributed by atoms with E-state index in [4.69, 9.17) is 0 Å². The van der Waals surface area contributed by atoms with E-state index in [1.54, 1.807) is 17.1 Å². The minimum atomic E-state index is -0.287. The Morgan fingerprint density at radius 2 is 2.00 bits per heavy atom. The Hall–Kier alpha value is -2.94.